The van der Waals surface area contributed by atoms with E-state index < -0.39 is 0 Å². The second-order valence-corrected chi connectivity index (χ2v) is 5.07. The first kappa shape index (κ1) is 16.5. The maximum atomic E-state index is 11.6. The normalized spacial score (nSPS) is 10.7. The van der Waals surface area contributed by atoms with Crippen molar-refractivity contribution >= 4 is 5.91 Å². The zero-order valence-corrected chi connectivity index (χ0v) is 12.9. The van der Waals surface area contributed by atoms with Gasteiger partial charge in [-0.3, -0.25) is 4.79 Å². The molecule has 0 saturated carbocycles. The summed E-state index contributed by atoms with van der Waals surface area (Å²) in [5.41, 5.74) is 2.28. The molecule has 0 aliphatic carbocycles. The number of methoxy groups -OCH3 is 1. The minimum Gasteiger partial charge on any atom is -0.496 e. The second-order valence-electron chi connectivity index (χ2n) is 5.07. The van der Waals surface area contributed by atoms with Gasteiger partial charge in [0.05, 0.1) is 19.8 Å². The van der Waals surface area contributed by atoms with E-state index >= 15 is 0 Å². The Bertz CT molecular complexity index is 430. The molecule has 0 atom stereocenters. The third-order valence-corrected chi connectivity index (χ3v) is 2.99. The molecule has 1 amide bonds. The first-order chi connectivity index (χ1) is 9.52. The summed E-state index contributed by atoms with van der Waals surface area (Å²) < 4.78 is 10.6. The van der Waals surface area contributed by atoms with Gasteiger partial charge in [-0.1, -0.05) is 12.1 Å². The second kappa shape index (κ2) is 8.59. The van der Waals surface area contributed by atoms with Crippen molar-refractivity contribution in [2.75, 3.05) is 20.3 Å². The van der Waals surface area contributed by atoms with Gasteiger partial charge in [-0.15, -0.1) is 0 Å². The standard InChI is InChI=1S/C16H25NO3/c1-12(2)20-10-8-16(18)17-9-7-14-6-5-13(3)15(11-14)19-4/h5-6,11-12H,7-10H2,1-4H3,(H,17,18). The summed E-state index contributed by atoms with van der Waals surface area (Å²) in [5, 5.41) is 2.90. The van der Waals surface area contributed by atoms with Crippen LogP contribution in [0.15, 0.2) is 18.2 Å². The number of hydrogen-bond acceptors (Lipinski definition) is 3. The van der Waals surface area contributed by atoms with E-state index in [0.717, 1.165) is 23.3 Å². The van der Waals surface area contributed by atoms with Crippen LogP contribution in [0.3, 0.4) is 0 Å². The molecule has 0 radical (unpaired) electrons. The average molecular weight is 279 g/mol. The number of benzene rings is 1. The summed E-state index contributed by atoms with van der Waals surface area (Å²) in [6, 6.07) is 6.11. The van der Waals surface area contributed by atoms with Gasteiger partial charge in [-0.2, -0.15) is 0 Å². The molecular formula is C16H25NO3. The summed E-state index contributed by atoms with van der Waals surface area (Å²) >= 11 is 0. The summed E-state index contributed by atoms with van der Waals surface area (Å²) in [6.45, 7) is 7.04. The van der Waals surface area contributed by atoms with Crippen LogP contribution in [0.5, 0.6) is 5.75 Å². The zero-order valence-electron chi connectivity index (χ0n) is 12.9. The molecule has 1 N–H and O–H groups in total. The summed E-state index contributed by atoms with van der Waals surface area (Å²) in [6.07, 6.45) is 1.38. The Morgan fingerprint density at radius 1 is 1.35 bits per heavy atom. The highest BCUT2D eigenvalue weighted by Crippen LogP contribution is 2.18. The van der Waals surface area contributed by atoms with Crippen LogP contribution >= 0.6 is 0 Å². The predicted octanol–water partition coefficient (Wildman–Crippen LogP) is 2.48. The van der Waals surface area contributed by atoms with E-state index in [1.165, 1.54) is 0 Å². The van der Waals surface area contributed by atoms with Crippen molar-refractivity contribution in [3.05, 3.63) is 29.3 Å². The van der Waals surface area contributed by atoms with Crippen LogP contribution in [-0.2, 0) is 16.0 Å². The van der Waals surface area contributed by atoms with Crippen LogP contribution in [0.2, 0.25) is 0 Å². The van der Waals surface area contributed by atoms with Crippen molar-refractivity contribution in [3.8, 4) is 5.75 Å². The van der Waals surface area contributed by atoms with E-state index in [1.54, 1.807) is 7.11 Å². The van der Waals surface area contributed by atoms with Gasteiger partial charge in [0.25, 0.3) is 0 Å². The van der Waals surface area contributed by atoms with Gasteiger partial charge >= 0.3 is 0 Å². The van der Waals surface area contributed by atoms with Crippen molar-refractivity contribution in [1.82, 2.24) is 5.32 Å². The van der Waals surface area contributed by atoms with Crippen molar-refractivity contribution in [2.45, 2.75) is 39.7 Å². The Morgan fingerprint density at radius 3 is 2.75 bits per heavy atom. The zero-order chi connectivity index (χ0) is 15.0. The fraction of sp³-hybridized carbons (Fsp3) is 0.562. The van der Waals surface area contributed by atoms with Gasteiger partial charge in [0.15, 0.2) is 0 Å². The highest BCUT2D eigenvalue weighted by Gasteiger charge is 2.04. The molecule has 0 aliphatic heterocycles. The van der Waals surface area contributed by atoms with Crippen LogP contribution in [0.25, 0.3) is 0 Å². The van der Waals surface area contributed by atoms with Gasteiger partial charge in [0, 0.05) is 13.0 Å². The van der Waals surface area contributed by atoms with Crippen molar-refractivity contribution < 1.29 is 14.3 Å². The number of rotatable bonds is 8. The van der Waals surface area contributed by atoms with Crippen LogP contribution in [0, 0.1) is 6.92 Å². The Labute approximate surface area is 121 Å². The van der Waals surface area contributed by atoms with Crippen LogP contribution in [0.4, 0.5) is 0 Å². The fourth-order valence-corrected chi connectivity index (χ4v) is 1.84. The Kier molecular flexibility index (Phi) is 7.09. The molecule has 4 heteroatoms. The molecule has 20 heavy (non-hydrogen) atoms. The summed E-state index contributed by atoms with van der Waals surface area (Å²) in [7, 11) is 1.67. The number of carbonyl (C=O) groups is 1. The predicted molar refractivity (Wildman–Crippen MR) is 80.1 cm³/mol. The van der Waals surface area contributed by atoms with Crippen LogP contribution in [-0.4, -0.2) is 32.3 Å². The largest absolute Gasteiger partial charge is 0.496 e. The molecule has 112 valence electrons. The van der Waals surface area contributed by atoms with Crippen molar-refractivity contribution in [1.29, 1.82) is 0 Å². The highest BCUT2D eigenvalue weighted by atomic mass is 16.5. The number of hydrogen-bond donors (Lipinski definition) is 1. The van der Waals surface area contributed by atoms with E-state index in [2.05, 4.69) is 11.4 Å². The molecule has 0 heterocycles. The number of ether oxygens (including phenoxy) is 2. The third-order valence-electron chi connectivity index (χ3n) is 2.99. The highest BCUT2D eigenvalue weighted by molar-refractivity contribution is 5.75. The smallest absolute Gasteiger partial charge is 0.222 e. The molecule has 0 aromatic heterocycles. The topological polar surface area (TPSA) is 47.6 Å². The molecule has 4 nitrogen and oxygen atoms in total. The van der Waals surface area contributed by atoms with E-state index in [1.807, 2.05) is 32.9 Å². The Balaban J connectivity index is 2.28. The number of aryl methyl sites for hydroxylation is 1. The molecule has 1 rings (SSSR count). The van der Waals surface area contributed by atoms with Crippen LogP contribution in [0.1, 0.15) is 31.4 Å². The summed E-state index contributed by atoms with van der Waals surface area (Å²) in [4.78, 5) is 11.6. The average Bonchev–Trinajstić information content (AvgIpc) is 2.40. The van der Waals surface area contributed by atoms with Gasteiger partial charge in [0.2, 0.25) is 5.91 Å². The molecule has 0 fully saturated rings. The van der Waals surface area contributed by atoms with Crippen LogP contribution < -0.4 is 10.1 Å². The first-order valence-corrected chi connectivity index (χ1v) is 7.04. The third kappa shape index (κ3) is 6.06. The fourth-order valence-electron chi connectivity index (χ4n) is 1.84. The maximum absolute atomic E-state index is 11.6. The molecule has 1 aromatic rings. The number of carbonyl (C=O) groups excluding carboxylic acids is 1. The van der Waals surface area contributed by atoms with E-state index in [4.69, 9.17) is 9.47 Å². The lowest BCUT2D eigenvalue weighted by Crippen LogP contribution is -2.27. The van der Waals surface area contributed by atoms with E-state index in [0.29, 0.717) is 19.6 Å². The molecule has 0 aliphatic rings. The minimum absolute atomic E-state index is 0.0322. The lowest BCUT2D eigenvalue weighted by Gasteiger charge is -2.09. The molecule has 1 aromatic carbocycles. The van der Waals surface area contributed by atoms with E-state index in [-0.39, 0.29) is 12.0 Å². The van der Waals surface area contributed by atoms with E-state index in [9.17, 15) is 4.79 Å². The van der Waals surface area contributed by atoms with Crippen molar-refractivity contribution in [2.24, 2.45) is 0 Å². The Hall–Kier alpha value is -1.55. The minimum atomic E-state index is 0.0322. The molecule has 0 unspecified atom stereocenters. The molecule has 0 bridgehead atoms. The van der Waals surface area contributed by atoms with Gasteiger partial charge in [-0.25, -0.2) is 0 Å². The number of amides is 1. The van der Waals surface area contributed by atoms with Crippen molar-refractivity contribution in [3.63, 3.8) is 0 Å². The first-order valence-electron chi connectivity index (χ1n) is 7.04. The molecule has 0 spiro atoms. The quantitative estimate of drug-likeness (QED) is 0.795. The SMILES string of the molecule is COc1cc(CCNC(=O)CCOC(C)C)ccc1C. The van der Waals surface area contributed by atoms with Gasteiger partial charge in [0.1, 0.15) is 5.75 Å². The lowest BCUT2D eigenvalue weighted by atomic mass is 10.1. The van der Waals surface area contributed by atoms with Gasteiger partial charge in [-0.05, 0) is 44.4 Å². The monoisotopic (exact) mass is 279 g/mol. The summed E-state index contributed by atoms with van der Waals surface area (Å²) in [5.74, 6) is 0.920. The maximum Gasteiger partial charge on any atom is 0.222 e. The van der Waals surface area contributed by atoms with Gasteiger partial charge < -0.3 is 14.8 Å². The Morgan fingerprint density at radius 2 is 2.10 bits per heavy atom. The molecule has 0 saturated heterocycles. The number of nitrogens with one attached hydrogen (secondary N) is 1. The molecular weight excluding hydrogens is 254 g/mol. The lowest BCUT2D eigenvalue weighted by molar-refractivity contribution is -0.122.